The molecule has 0 radical (unpaired) electrons. The SMILES string of the molecule is Cc1cccc(NC(=O)COC(=O)C(CC(C)C)N2C(=O)c3c(I)c(I)c(I)c(I)c3C2=O)c1C. The van der Waals surface area contributed by atoms with Crippen LogP contribution in [0.4, 0.5) is 5.69 Å². The predicted molar refractivity (Wildman–Crippen MR) is 167 cm³/mol. The fraction of sp³-hybridized carbons (Fsp3) is 0.333. The first-order valence-electron chi connectivity index (χ1n) is 10.6. The smallest absolute Gasteiger partial charge is 0.329 e. The van der Waals surface area contributed by atoms with Crippen molar-refractivity contribution in [2.75, 3.05) is 11.9 Å². The van der Waals surface area contributed by atoms with Crippen molar-refractivity contribution in [1.29, 1.82) is 0 Å². The van der Waals surface area contributed by atoms with Gasteiger partial charge in [0.05, 0.1) is 11.1 Å². The quantitative estimate of drug-likeness (QED) is 0.123. The van der Waals surface area contributed by atoms with E-state index < -0.39 is 36.3 Å². The summed E-state index contributed by atoms with van der Waals surface area (Å²) in [5.74, 6) is -2.29. The molecule has 11 heteroatoms. The molecule has 7 nitrogen and oxygen atoms in total. The number of amides is 3. The Morgan fingerprint density at radius 3 is 2.00 bits per heavy atom. The van der Waals surface area contributed by atoms with Gasteiger partial charge in [-0.25, -0.2) is 4.79 Å². The van der Waals surface area contributed by atoms with E-state index in [9.17, 15) is 19.2 Å². The van der Waals surface area contributed by atoms with Crippen molar-refractivity contribution in [3.05, 3.63) is 54.7 Å². The molecule has 2 aromatic carbocycles. The van der Waals surface area contributed by atoms with Crippen molar-refractivity contribution < 1.29 is 23.9 Å². The van der Waals surface area contributed by atoms with Crippen LogP contribution in [0.25, 0.3) is 0 Å². The van der Waals surface area contributed by atoms with E-state index >= 15 is 0 Å². The molecule has 1 aliphatic rings. The summed E-state index contributed by atoms with van der Waals surface area (Å²) in [4.78, 5) is 53.5. The number of nitrogens with one attached hydrogen (secondary N) is 1. The van der Waals surface area contributed by atoms with Gasteiger partial charge >= 0.3 is 5.97 Å². The fourth-order valence-electron chi connectivity index (χ4n) is 3.71. The molecular weight excluding hydrogens is 904 g/mol. The summed E-state index contributed by atoms with van der Waals surface area (Å²) < 4.78 is 8.48. The Hall–Kier alpha value is -0.560. The number of nitrogens with zero attached hydrogens (tertiary/aromatic N) is 1. The number of hydrogen-bond donors (Lipinski definition) is 1. The van der Waals surface area contributed by atoms with Crippen LogP contribution in [0, 0.1) is 34.0 Å². The Kier molecular flexibility index (Phi) is 9.84. The first-order chi connectivity index (χ1) is 16.4. The number of ether oxygens (including phenoxy) is 1. The van der Waals surface area contributed by atoms with Crippen molar-refractivity contribution in [1.82, 2.24) is 4.90 Å². The van der Waals surface area contributed by atoms with E-state index in [0.717, 1.165) is 23.2 Å². The molecule has 0 aliphatic carbocycles. The molecule has 1 N–H and O–H groups in total. The van der Waals surface area contributed by atoms with Gasteiger partial charge in [-0.05, 0) is 134 Å². The maximum absolute atomic E-state index is 13.4. The van der Waals surface area contributed by atoms with Crippen LogP contribution in [0.3, 0.4) is 0 Å². The van der Waals surface area contributed by atoms with Crippen LogP contribution in [0.15, 0.2) is 18.2 Å². The molecule has 3 amide bonds. The van der Waals surface area contributed by atoms with Crippen LogP contribution in [0.2, 0.25) is 0 Å². The van der Waals surface area contributed by atoms with E-state index in [1.54, 1.807) is 6.07 Å². The molecule has 35 heavy (non-hydrogen) atoms. The summed E-state index contributed by atoms with van der Waals surface area (Å²) >= 11 is 8.46. The number of anilines is 1. The van der Waals surface area contributed by atoms with Crippen LogP contribution >= 0.6 is 90.4 Å². The van der Waals surface area contributed by atoms with Gasteiger partial charge in [0.15, 0.2) is 6.61 Å². The van der Waals surface area contributed by atoms with Crippen molar-refractivity contribution >= 4 is 120 Å². The molecule has 1 heterocycles. The minimum Gasteiger partial charge on any atom is -0.454 e. The van der Waals surface area contributed by atoms with Gasteiger partial charge in [0.1, 0.15) is 6.04 Å². The van der Waals surface area contributed by atoms with Gasteiger partial charge in [0, 0.05) is 20.0 Å². The summed E-state index contributed by atoms with van der Waals surface area (Å²) in [6.07, 6.45) is 0.226. The number of fused-ring (bicyclic) bond motifs is 1. The van der Waals surface area contributed by atoms with Crippen molar-refractivity contribution in [3.8, 4) is 0 Å². The second-order valence-electron chi connectivity index (χ2n) is 8.53. The summed E-state index contributed by atoms with van der Waals surface area (Å²) in [6.45, 7) is 7.10. The topological polar surface area (TPSA) is 92.8 Å². The number of carbonyl (C=O) groups excluding carboxylic acids is 4. The molecule has 0 fully saturated rings. The largest absolute Gasteiger partial charge is 0.454 e. The van der Waals surface area contributed by atoms with Gasteiger partial charge in [-0.2, -0.15) is 0 Å². The van der Waals surface area contributed by atoms with Gasteiger partial charge in [-0.3, -0.25) is 19.3 Å². The number of imide groups is 1. The minimum absolute atomic E-state index is 0.000881. The third-order valence-corrected chi connectivity index (χ3v) is 13.0. The molecule has 0 saturated heterocycles. The van der Waals surface area contributed by atoms with E-state index in [0.29, 0.717) is 24.0 Å². The molecule has 1 aliphatic heterocycles. The normalized spacial score (nSPS) is 13.8. The zero-order valence-electron chi connectivity index (χ0n) is 19.3. The Bertz CT molecular complexity index is 1200. The molecule has 0 bridgehead atoms. The average Bonchev–Trinajstić information content (AvgIpc) is 3.06. The Morgan fingerprint density at radius 1 is 0.943 bits per heavy atom. The lowest BCUT2D eigenvalue weighted by Crippen LogP contribution is -2.47. The van der Waals surface area contributed by atoms with Crippen LogP contribution in [-0.2, 0) is 14.3 Å². The second-order valence-corrected chi connectivity index (χ2v) is 12.8. The van der Waals surface area contributed by atoms with Crippen LogP contribution in [0.1, 0.15) is 52.1 Å². The van der Waals surface area contributed by atoms with Crippen molar-refractivity contribution in [3.63, 3.8) is 0 Å². The molecule has 2 aromatic rings. The highest BCUT2D eigenvalue weighted by atomic mass is 127. The highest BCUT2D eigenvalue weighted by Gasteiger charge is 2.47. The van der Waals surface area contributed by atoms with Crippen LogP contribution in [-0.4, -0.2) is 41.2 Å². The Morgan fingerprint density at radius 2 is 1.49 bits per heavy atom. The van der Waals surface area contributed by atoms with E-state index in [4.69, 9.17) is 4.74 Å². The maximum Gasteiger partial charge on any atom is 0.329 e. The summed E-state index contributed by atoms with van der Waals surface area (Å²) in [5, 5.41) is 2.75. The minimum atomic E-state index is -1.13. The molecular formula is C24H22I4N2O5. The van der Waals surface area contributed by atoms with Gasteiger partial charge in [-0.15, -0.1) is 0 Å². The zero-order chi connectivity index (χ0) is 26.2. The third kappa shape index (κ3) is 5.97. The highest BCUT2D eigenvalue weighted by Crippen LogP contribution is 2.38. The second kappa shape index (κ2) is 11.9. The van der Waals surface area contributed by atoms with E-state index in [1.165, 1.54) is 0 Å². The number of rotatable bonds is 7. The molecule has 1 unspecified atom stereocenters. The summed E-state index contributed by atoms with van der Waals surface area (Å²) in [6, 6.07) is 4.41. The molecule has 3 rings (SSSR count). The van der Waals surface area contributed by atoms with Gasteiger partial charge < -0.3 is 10.1 Å². The Labute approximate surface area is 258 Å². The van der Waals surface area contributed by atoms with Crippen molar-refractivity contribution in [2.45, 2.75) is 40.2 Å². The van der Waals surface area contributed by atoms with E-state index in [2.05, 4.69) is 95.7 Å². The first kappa shape index (κ1) is 29.0. The van der Waals surface area contributed by atoms with Crippen LogP contribution in [0.5, 0.6) is 0 Å². The summed E-state index contributed by atoms with van der Waals surface area (Å²) in [5.41, 5.74) is 3.22. The lowest BCUT2D eigenvalue weighted by Gasteiger charge is -2.26. The standard InChI is InChI=1S/C24H22I4N2O5/c1-10(2)8-14(24(34)35-9-15(31)29-13-7-5-6-11(3)12(13)4)30-22(32)16-17(23(30)33)19(26)21(28)20(27)18(16)25/h5-7,10,14H,8-9H2,1-4H3,(H,29,31). The molecule has 186 valence electrons. The number of halogens is 4. The number of esters is 1. The Balaban J connectivity index is 1.83. The summed E-state index contributed by atoms with van der Waals surface area (Å²) in [7, 11) is 0. The van der Waals surface area contributed by atoms with Gasteiger partial charge in [0.2, 0.25) is 0 Å². The third-order valence-electron chi connectivity index (χ3n) is 5.64. The number of hydrogen-bond acceptors (Lipinski definition) is 5. The monoisotopic (exact) mass is 926 g/mol. The fourth-order valence-corrected chi connectivity index (χ4v) is 7.36. The lowest BCUT2D eigenvalue weighted by atomic mass is 10.0. The number of benzene rings is 2. The molecule has 0 spiro atoms. The first-order valence-corrected chi connectivity index (χ1v) is 14.9. The van der Waals surface area contributed by atoms with Gasteiger partial charge in [0.25, 0.3) is 17.7 Å². The average molecular weight is 926 g/mol. The van der Waals surface area contributed by atoms with E-state index in [-0.39, 0.29) is 12.3 Å². The lowest BCUT2D eigenvalue weighted by molar-refractivity contribution is -0.151. The maximum atomic E-state index is 13.4. The van der Waals surface area contributed by atoms with E-state index in [1.807, 2.05) is 39.8 Å². The van der Waals surface area contributed by atoms with Gasteiger partial charge in [-0.1, -0.05) is 26.0 Å². The number of carbonyl (C=O) groups is 4. The molecule has 1 atom stereocenters. The zero-order valence-corrected chi connectivity index (χ0v) is 27.9. The highest BCUT2D eigenvalue weighted by molar-refractivity contribution is 14.1. The predicted octanol–water partition coefficient (Wildman–Crippen LogP) is 5.91. The van der Waals surface area contributed by atoms with Crippen LogP contribution < -0.4 is 5.32 Å². The number of aryl methyl sites for hydroxylation is 1. The molecule has 0 saturated carbocycles. The van der Waals surface area contributed by atoms with Crippen molar-refractivity contribution in [2.24, 2.45) is 5.92 Å². The molecule has 0 aromatic heterocycles.